The topological polar surface area (TPSA) is 130 Å². The molecule has 6 rings (SSSR count). The molecule has 1 atom stereocenters. The third kappa shape index (κ3) is 5.14. The van der Waals surface area contributed by atoms with Crippen LogP contribution in [0.25, 0.3) is 10.9 Å². The molecule has 12 nitrogen and oxygen atoms in total. The zero-order chi connectivity index (χ0) is 27.5. The Kier molecular flexibility index (Phi) is 7.17. The molecule has 40 heavy (non-hydrogen) atoms. The van der Waals surface area contributed by atoms with Crippen LogP contribution in [0.5, 0.6) is 17.2 Å². The summed E-state index contributed by atoms with van der Waals surface area (Å²) in [5.41, 5.74) is 1.86. The zero-order valence-electron chi connectivity index (χ0n) is 22.1. The predicted molar refractivity (Wildman–Crippen MR) is 143 cm³/mol. The maximum absolute atomic E-state index is 13.7. The summed E-state index contributed by atoms with van der Waals surface area (Å²) in [5.74, 6) is 3.20. The minimum Gasteiger partial charge on any atom is -0.497 e. The van der Waals surface area contributed by atoms with Crippen molar-refractivity contribution in [2.24, 2.45) is 0 Å². The van der Waals surface area contributed by atoms with Crippen molar-refractivity contribution in [2.45, 2.75) is 25.7 Å². The summed E-state index contributed by atoms with van der Waals surface area (Å²) in [5, 5.41) is 13.4. The Morgan fingerprint density at radius 2 is 1.90 bits per heavy atom. The highest BCUT2D eigenvalue weighted by Gasteiger charge is 2.32. The highest BCUT2D eigenvalue weighted by atomic mass is 16.7. The molecule has 0 spiro atoms. The van der Waals surface area contributed by atoms with Gasteiger partial charge >= 0.3 is 0 Å². The SMILES string of the molecule is COCCn1nnnc1[C@H](c1cc2cc3c(cc2[nH]c1=O)OCO3)N(Cc1ccc(OC)cc1)Cc1ccco1. The molecular formula is C28H28N6O6. The molecule has 4 heterocycles. The first kappa shape index (κ1) is 25.6. The number of tetrazole rings is 1. The van der Waals surface area contributed by atoms with Gasteiger partial charge in [0, 0.05) is 30.7 Å². The summed E-state index contributed by atoms with van der Waals surface area (Å²) in [6, 6.07) is 16.4. The Bertz CT molecular complexity index is 1650. The number of aromatic amines is 1. The number of nitrogens with zero attached hydrogens (tertiary/aromatic N) is 5. The third-order valence-corrected chi connectivity index (χ3v) is 6.82. The largest absolute Gasteiger partial charge is 0.497 e. The molecule has 0 radical (unpaired) electrons. The van der Waals surface area contributed by atoms with Crippen molar-refractivity contribution in [3.05, 3.63) is 93.9 Å². The van der Waals surface area contributed by atoms with Crippen molar-refractivity contribution in [3.63, 3.8) is 0 Å². The molecule has 206 valence electrons. The van der Waals surface area contributed by atoms with Crippen molar-refractivity contribution < 1.29 is 23.4 Å². The summed E-state index contributed by atoms with van der Waals surface area (Å²) in [4.78, 5) is 18.9. The minimum atomic E-state index is -0.641. The molecule has 12 heteroatoms. The second-order valence-electron chi connectivity index (χ2n) is 9.33. The van der Waals surface area contributed by atoms with Crippen molar-refractivity contribution >= 4 is 10.9 Å². The van der Waals surface area contributed by atoms with Crippen LogP contribution in [0.1, 0.15) is 28.8 Å². The monoisotopic (exact) mass is 544 g/mol. The number of ether oxygens (including phenoxy) is 4. The van der Waals surface area contributed by atoms with Crippen molar-refractivity contribution in [1.82, 2.24) is 30.1 Å². The van der Waals surface area contributed by atoms with Crippen LogP contribution in [0.3, 0.4) is 0 Å². The van der Waals surface area contributed by atoms with Crippen LogP contribution in [-0.2, 0) is 24.4 Å². The van der Waals surface area contributed by atoms with Gasteiger partial charge in [0.2, 0.25) is 6.79 Å². The van der Waals surface area contributed by atoms with Gasteiger partial charge < -0.3 is 28.3 Å². The van der Waals surface area contributed by atoms with E-state index in [0.29, 0.717) is 54.6 Å². The molecule has 1 aliphatic rings. The first-order valence-electron chi connectivity index (χ1n) is 12.7. The number of hydrogen-bond donors (Lipinski definition) is 1. The maximum atomic E-state index is 13.7. The Morgan fingerprint density at radius 3 is 2.65 bits per heavy atom. The molecule has 1 N–H and O–H groups in total. The van der Waals surface area contributed by atoms with Crippen LogP contribution in [-0.4, -0.2) is 57.7 Å². The molecule has 1 aliphatic heterocycles. The van der Waals surface area contributed by atoms with Gasteiger partial charge in [-0.15, -0.1) is 5.10 Å². The number of pyridine rings is 1. The number of furan rings is 1. The fourth-order valence-electron chi connectivity index (χ4n) is 4.87. The number of aromatic nitrogens is 5. The van der Waals surface area contributed by atoms with E-state index >= 15 is 0 Å². The number of hydrogen-bond acceptors (Lipinski definition) is 10. The van der Waals surface area contributed by atoms with E-state index in [1.54, 1.807) is 31.2 Å². The standard InChI is InChI=1S/C28H28N6O6/c1-36-11-9-34-27(30-31-32-34)26(22-12-19-13-24-25(40-17-39-24)14-23(19)29-28(22)35)33(16-21-4-3-10-38-21)15-18-5-7-20(37-2)8-6-18/h3-8,10,12-14,26H,9,11,15-17H2,1-2H3,(H,29,35)/t26-/m0/s1. The van der Waals surface area contributed by atoms with Crippen molar-refractivity contribution in [1.29, 1.82) is 0 Å². The Labute approximate surface area is 229 Å². The molecular weight excluding hydrogens is 516 g/mol. The van der Waals surface area contributed by atoms with E-state index in [0.717, 1.165) is 22.5 Å². The lowest BCUT2D eigenvalue weighted by molar-refractivity contribution is 0.163. The molecule has 2 aromatic carbocycles. The van der Waals surface area contributed by atoms with Gasteiger partial charge in [-0.3, -0.25) is 9.69 Å². The van der Waals surface area contributed by atoms with E-state index in [4.69, 9.17) is 23.4 Å². The van der Waals surface area contributed by atoms with Crippen molar-refractivity contribution in [2.75, 3.05) is 27.6 Å². The van der Waals surface area contributed by atoms with Gasteiger partial charge in [-0.25, -0.2) is 4.68 Å². The number of H-pyrrole nitrogens is 1. The second kappa shape index (κ2) is 11.2. The Balaban J connectivity index is 1.50. The van der Waals surface area contributed by atoms with Gasteiger partial charge in [-0.05, 0) is 52.4 Å². The molecule has 5 aromatic rings. The fraction of sp³-hybridized carbons (Fsp3) is 0.286. The number of benzene rings is 2. The Morgan fingerprint density at radius 1 is 1.07 bits per heavy atom. The highest BCUT2D eigenvalue weighted by Crippen LogP contribution is 2.37. The first-order chi connectivity index (χ1) is 19.6. The van der Waals surface area contributed by atoms with Crippen LogP contribution in [0.15, 0.2) is 70.1 Å². The van der Waals surface area contributed by atoms with Gasteiger partial charge in [0.25, 0.3) is 5.56 Å². The number of methoxy groups -OCH3 is 2. The fourth-order valence-corrected chi connectivity index (χ4v) is 4.87. The van der Waals surface area contributed by atoms with Gasteiger partial charge in [0.15, 0.2) is 17.3 Å². The smallest absolute Gasteiger partial charge is 0.253 e. The molecule has 0 amide bonds. The second-order valence-corrected chi connectivity index (χ2v) is 9.33. The van der Waals surface area contributed by atoms with Crippen LogP contribution >= 0.6 is 0 Å². The van der Waals surface area contributed by atoms with Gasteiger partial charge in [0.05, 0.1) is 38.6 Å². The summed E-state index contributed by atoms with van der Waals surface area (Å²) in [7, 11) is 3.25. The molecule has 0 aliphatic carbocycles. The van der Waals surface area contributed by atoms with Crippen LogP contribution in [0, 0.1) is 0 Å². The molecule has 0 saturated heterocycles. The normalized spacial score (nSPS) is 13.3. The minimum absolute atomic E-state index is 0.137. The van der Waals surface area contributed by atoms with E-state index < -0.39 is 6.04 Å². The average molecular weight is 545 g/mol. The highest BCUT2D eigenvalue weighted by molar-refractivity contribution is 5.83. The molecule has 0 unspecified atom stereocenters. The van der Waals surface area contributed by atoms with Gasteiger partial charge in [-0.2, -0.15) is 0 Å². The lowest BCUT2D eigenvalue weighted by Crippen LogP contribution is -2.35. The van der Waals surface area contributed by atoms with E-state index in [-0.39, 0.29) is 12.4 Å². The van der Waals surface area contributed by atoms with E-state index in [2.05, 4.69) is 25.4 Å². The quantitative estimate of drug-likeness (QED) is 0.264. The zero-order valence-corrected chi connectivity index (χ0v) is 22.1. The maximum Gasteiger partial charge on any atom is 0.253 e. The lowest BCUT2D eigenvalue weighted by atomic mass is 10.0. The first-order valence-corrected chi connectivity index (χ1v) is 12.7. The van der Waals surface area contributed by atoms with Crippen LogP contribution in [0.2, 0.25) is 0 Å². The number of fused-ring (bicyclic) bond motifs is 2. The average Bonchev–Trinajstić information content (AvgIpc) is 3.74. The summed E-state index contributed by atoms with van der Waals surface area (Å²) in [6.45, 7) is 1.80. The number of nitrogens with one attached hydrogen (secondary N) is 1. The van der Waals surface area contributed by atoms with Gasteiger partial charge in [-0.1, -0.05) is 12.1 Å². The molecule has 0 fully saturated rings. The van der Waals surface area contributed by atoms with Crippen LogP contribution < -0.4 is 19.8 Å². The van der Waals surface area contributed by atoms with E-state index in [9.17, 15) is 4.79 Å². The molecule has 3 aromatic heterocycles. The summed E-state index contributed by atoms with van der Waals surface area (Å²) in [6.07, 6.45) is 1.63. The van der Waals surface area contributed by atoms with E-state index in [1.165, 1.54) is 0 Å². The summed E-state index contributed by atoms with van der Waals surface area (Å²) < 4.78 is 29.1. The Hall–Kier alpha value is -4.68. The van der Waals surface area contributed by atoms with Gasteiger partial charge in [0.1, 0.15) is 17.6 Å². The molecule has 0 saturated carbocycles. The van der Waals surface area contributed by atoms with E-state index in [1.807, 2.05) is 48.5 Å². The third-order valence-electron chi connectivity index (χ3n) is 6.82. The van der Waals surface area contributed by atoms with Crippen LogP contribution in [0.4, 0.5) is 0 Å². The predicted octanol–water partition coefficient (Wildman–Crippen LogP) is 3.28. The number of rotatable bonds is 11. The summed E-state index contributed by atoms with van der Waals surface area (Å²) >= 11 is 0. The van der Waals surface area contributed by atoms with Crippen molar-refractivity contribution in [3.8, 4) is 17.2 Å². The lowest BCUT2D eigenvalue weighted by Gasteiger charge is -2.30. The molecule has 0 bridgehead atoms.